The third-order valence-electron chi connectivity index (χ3n) is 3.52. The fourth-order valence-electron chi connectivity index (χ4n) is 2.71. The molecule has 0 amide bonds. The van der Waals surface area contributed by atoms with Crippen molar-refractivity contribution < 1.29 is 9.32 Å². The molecule has 0 radical (unpaired) electrons. The van der Waals surface area contributed by atoms with Gasteiger partial charge in [-0.25, -0.2) is 8.51 Å². The molecule has 3 nitrogen and oxygen atoms in total. The SMILES string of the molecule is CCS(=O)N1CC2CCC(O)CC2C1. The molecule has 0 bridgehead atoms. The molecule has 1 saturated heterocycles. The molecule has 1 aliphatic carbocycles. The molecule has 2 aliphatic rings. The van der Waals surface area contributed by atoms with Crippen molar-refractivity contribution in [1.82, 2.24) is 4.31 Å². The van der Waals surface area contributed by atoms with Crippen LogP contribution >= 0.6 is 0 Å². The van der Waals surface area contributed by atoms with E-state index in [0.29, 0.717) is 11.8 Å². The van der Waals surface area contributed by atoms with E-state index in [4.69, 9.17) is 0 Å². The highest BCUT2D eigenvalue weighted by Crippen LogP contribution is 2.36. The van der Waals surface area contributed by atoms with Crippen molar-refractivity contribution >= 4 is 11.0 Å². The fraction of sp³-hybridized carbons (Fsp3) is 1.00. The van der Waals surface area contributed by atoms with Crippen molar-refractivity contribution in [1.29, 1.82) is 0 Å². The van der Waals surface area contributed by atoms with Crippen LogP contribution in [0, 0.1) is 11.8 Å². The summed E-state index contributed by atoms with van der Waals surface area (Å²) in [5.41, 5.74) is 0. The van der Waals surface area contributed by atoms with Gasteiger partial charge in [-0.05, 0) is 31.1 Å². The van der Waals surface area contributed by atoms with Gasteiger partial charge in [0.2, 0.25) is 0 Å². The first-order valence-corrected chi connectivity index (χ1v) is 6.79. The monoisotopic (exact) mass is 217 g/mol. The van der Waals surface area contributed by atoms with Gasteiger partial charge in [-0.2, -0.15) is 0 Å². The minimum Gasteiger partial charge on any atom is -0.393 e. The van der Waals surface area contributed by atoms with E-state index in [0.717, 1.165) is 38.1 Å². The van der Waals surface area contributed by atoms with Crippen LogP contribution in [0.1, 0.15) is 26.2 Å². The van der Waals surface area contributed by atoms with Crippen LogP contribution in [0.4, 0.5) is 0 Å². The summed E-state index contributed by atoms with van der Waals surface area (Å²) < 4.78 is 13.7. The van der Waals surface area contributed by atoms with Gasteiger partial charge in [0.15, 0.2) is 0 Å². The van der Waals surface area contributed by atoms with E-state index in [9.17, 15) is 9.32 Å². The van der Waals surface area contributed by atoms with Gasteiger partial charge in [0.1, 0.15) is 0 Å². The Balaban J connectivity index is 1.95. The Labute approximate surface area is 88.1 Å². The molecule has 1 heterocycles. The predicted molar refractivity (Wildman–Crippen MR) is 57.1 cm³/mol. The maximum Gasteiger partial charge on any atom is 0.0939 e. The third kappa shape index (κ3) is 2.02. The third-order valence-corrected chi connectivity index (χ3v) is 4.89. The Morgan fingerprint density at radius 1 is 1.36 bits per heavy atom. The van der Waals surface area contributed by atoms with E-state index in [2.05, 4.69) is 4.31 Å². The van der Waals surface area contributed by atoms with Crippen molar-refractivity contribution in [2.45, 2.75) is 32.3 Å². The zero-order valence-corrected chi connectivity index (χ0v) is 9.50. The van der Waals surface area contributed by atoms with Crippen LogP contribution < -0.4 is 0 Å². The van der Waals surface area contributed by atoms with Gasteiger partial charge >= 0.3 is 0 Å². The molecule has 82 valence electrons. The number of aliphatic hydroxyl groups excluding tert-OH is 1. The highest BCUT2D eigenvalue weighted by atomic mass is 32.2. The first kappa shape index (κ1) is 10.6. The maximum absolute atomic E-state index is 11.6. The van der Waals surface area contributed by atoms with E-state index in [1.807, 2.05) is 6.92 Å². The van der Waals surface area contributed by atoms with Crippen molar-refractivity contribution in [3.05, 3.63) is 0 Å². The summed E-state index contributed by atoms with van der Waals surface area (Å²) in [6.45, 7) is 3.88. The van der Waals surface area contributed by atoms with Crippen LogP contribution in [0.15, 0.2) is 0 Å². The molecule has 0 spiro atoms. The molecule has 4 unspecified atom stereocenters. The summed E-state index contributed by atoms with van der Waals surface area (Å²) in [6, 6.07) is 0. The van der Waals surface area contributed by atoms with E-state index >= 15 is 0 Å². The van der Waals surface area contributed by atoms with Crippen LogP contribution in [0.5, 0.6) is 0 Å². The zero-order chi connectivity index (χ0) is 10.1. The van der Waals surface area contributed by atoms with Crippen molar-refractivity contribution in [3.8, 4) is 0 Å². The number of aliphatic hydroxyl groups is 1. The summed E-state index contributed by atoms with van der Waals surface area (Å²) in [5.74, 6) is 2.00. The lowest BCUT2D eigenvalue weighted by Crippen LogP contribution is -2.26. The van der Waals surface area contributed by atoms with Crippen LogP contribution in [0.25, 0.3) is 0 Å². The van der Waals surface area contributed by atoms with E-state index < -0.39 is 11.0 Å². The number of fused-ring (bicyclic) bond motifs is 1. The van der Waals surface area contributed by atoms with Gasteiger partial charge in [0.05, 0.1) is 17.1 Å². The van der Waals surface area contributed by atoms with E-state index in [1.165, 1.54) is 0 Å². The number of rotatable bonds is 2. The number of hydrogen-bond acceptors (Lipinski definition) is 2. The topological polar surface area (TPSA) is 40.5 Å². The second kappa shape index (κ2) is 4.29. The summed E-state index contributed by atoms with van der Waals surface area (Å²) in [6.07, 6.45) is 2.87. The maximum atomic E-state index is 11.6. The van der Waals surface area contributed by atoms with Crippen LogP contribution in [0.3, 0.4) is 0 Å². The highest BCUT2D eigenvalue weighted by Gasteiger charge is 2.38. The molecule has 14 heavy (non-hydrogen) atoms. The average Bonchev–Trinajstić information content (AvgIpc) is 2.59. The molecule has 0 aromatic rings. The molecule has 1 N–H and O–H groups in total. The molecule has 2 fully saturated rings. The molecule has 2 rings (SSSR count). The largest absolute Gasteiger partial charge is 0.393 e. The van der Waals surface area contributed by atoms with Gasteiger partial charge < -0.3 is 5.11 Å². The summed E-state index contributed by atoms with van der Waals surface area (Å²) in [5, 5.41) is 9.54. The Hall–Kier alpha value is 0.0700. The second-order valence-corrected chi connectivity index (χ2v) is 6.18. The molecular formula is C10H19NO2S. The van der Waals surface area contributed by atoms with Crippen molar-refractivity contribution in [3.63, 3.8) is 0 Å². The quantitative estimate of drug-likeness (QED) is 0.742. The minimum atomic E-state index is -0.779. The van der Waals surface area contributed by atoms with Gasteiger partial charge in [-0.15, -0.1) is 0 Å². The van der Waals surface area contributed by atoms with Crippen LogP contribution in [-0.4, -0.2) is 38.6 Å². The van der Waals surface area contributed by atoms with E-state index in [-0.39, 0.29) is 6.10 Å². The molecule has 0 aromatic heterocycles. The van der Waals surface area contributed by atoms with Crippen molar-refractivity contribution in [2.75, 3.05) is 18.8 Å². The summed E-state index contributed by atoms with van der Waals surface area (Å²) in [4.78, 5) is 0. The van der Waals surface area contributed by atoms with Crippen LogP contribution in [0.2, 0.25) is 0 Å². The lowest BCUT2D eigenvalue weighted by Gasteiger charge is -2.27. The number of hydrogen-bond donors (Lipinski definition) is 1. The molecule has 1 saturated carbocycles. The minimum absolute atomic E-state index is 0.105. The first-order valence-electron chi connectivity index (χ1n) is 5.52. The molecule has 0 aromatic carbocycles. The average molecular weight is 217 g/mol. The molecule has 1 aliphatic heterocycles. The second-order valence-electron chi connectivity index (χ2n) is 4.44. The lowest BCUT2D eigenvalue weighted by molar-refractivity contribution is 0.0866. The van der Waals surface area contributed by atoms with Gasteiger partial charge in [-0.3, -0.25) is 0 Å². The predicted octanol–water partition coefficient (Wildman–Crippen LogP) is 0.763. The van der Waals surface area contributed by atoms with Crippen molar-refractivity contribution in [2.24, 2.45) is 11.8 Å². The molecule has 4 heteroatoms. The number of nitrogens with zero attached hydrogens (tertiary/aromatic N) is 1. The van der Waals surface area contributed by atoms with Gasteiger partial charge in [0, 0.05) is 18.8 Å². The normalized spacial score (nSPS) is 40.9. The Morgan fingerprint density at radius 3 is 2.79 bits per heavy atom. The summed E-state index contributed by atoms with van der Waals surface area (Å²) >= 11 is 0. The summed E-state index contributed by atoms with van der Waals surface area (Å²) in [7, 11) is -0.779. The fourth-order valence-corrected chi connectivity index (χ4v) is 3.79. The molecule has 4 atom stereocenters. The standard InChI is InChI=1S/C10H19NO2S/c1-2-14(13)11-6-8-3-4-10(12)5-9(8)7-11/h8-10,12H,2-7H2,1H3. The lowest BCUT2D eigenvalue weighted by atomic mass is 9.80. The van der Waals surface area contributed by atoms with Crippen LogP contribution in [-0.2, 0) is 11.0 Å². The van der Waals surface area contributed by atoms with Gasteiger partial charge in [0.25, 0.3) is 0 Å². The highest BCUT2D eigenvalue weighted by molar-refractivity contribution is 7.82. The Kier molecular flexibility index (Phi) is 3.24. The van der Waals surface area contributed by atoms with Gasteiger partial charge in [-0.1, -0.05) is 6.92 Å². The zero-order valence-electron chi connectivity index (χ0n) is 8.69. The van der Waals surface area contributed by atoms with E-state index in [1.54, 1.807) is 0 Å². The molecular weight excluding hydrogens is 198 g/mol. The first-order chi connectivity index (χ1) is 6.70. The Morgan fingerprint density at radius 2 is 2.07 bits per heavy atom. The smallest absolute Gasteiger partial charge is 0.0939 e. The Bertz CT molecular complexity index is 234.